The van der Waals surface area contributed by atoms with Crippen molar-refractivity contribution >= 4 is 17.2 Å². The Bertz CT molecular complexity index is 558. The molecule has 1 fully saturated rings. The zero-order chi connectivity index (χ0) is 13.8. The summed E-state index contributed by atoms with van der Waals surface area (Å²) in [6.07, 6.45) is 3.79. The van der Waals surface area contributed by atoms with E-state index in [0.717, 1.165) is 13.0 Å². The number of rotatable bonds is 6. The SMILES string of the molecule is O=C(CCc1ccccc1)NCC1(c2cccs2)CC1. The summed E-state index contributed by atoms with van der Waals surface area (Å²) in [7, 11) is 0. The number of hydrogen-bond acceptors (Lipinski definition) is 2. The lowest BCUT2D eigenvalue weighted by Crippen LogP contribution is -2.31. The zero-order valence-corrected chi connectivity index (χ0v) is 12.3. The predicted molar refractivity (Wildman–Crippen MR) is 83.0 cm³/mol. The van der Waals surface area contributed by atoms with Gasteiger partial charge in [0.25, 0.3) is 0 Å². The van der Waals surface area contributed by atoms with Crippen LogP contribution in [0.3, 0.4) is 0 Å². The minimum Gasteiger partial charge on any atom is -0.355 e. The molecule has 0 saturated heterocycles. The number of aryl methyl sites for hydroxylation is 1. The van der Waals surface area contributed by atoms with E-state index in [1.165, 1.54) is 23.3 Å². The van der Waals surface area contributed by atoms with E-state index in [1.54, 1.807) is 11.3 Å². The maximum absolute atomic E-state index is 12.0. The van der Waals surface area contributed by atoms with Gasteiger partial charge in [0.2, 0.25) is 5.91 Å². The van der Waals surface area contributed by atoms with Crippen molar-refractivity contribution in [3.05, 3.63) is 58.3 Å². The molecule has 1 amide bonds. The monoisotopic (exact) mass is 285 g/mol. The van der Waals surface area contributed by atoms with Gasteiger partial charge in [0.15, 0.2) is 0 Å². The smallest absolute Gasteiger partial charge is 0.220 e. The van der Waals surface area contributed by atoms with Gasteiger partial charge in [-0.1, -0.05) is 36.4 Å². The average Bonchev–Trinajstić information content (AvgIpc) is 3.07. The summed E-state index contributed by atoms with van der Waals surface area (Å²) in [5.41, 5.74) is 1.47. The second kappa shape index (κ2) is 5.80. The van der Waals surface area contributed by atoms with Gasteiger partial charge >= 0.3 is 0 Å². The lowest BCUT2D eigenvalue weighted by Gasteiger charge is -2.14. The highest BCUT2D eigenvalue weighted by Crippen LogP contribution is 2.49. The molecule has 104 valence electrons. The van der Waals surface area contributed by atoms with Crippen LogP contribution in [0.15, 0.2) is 47.8 Å². The van der Waals surface area contributed by atoms with Crippen molar-refractivity contribution in [2.45, 2.75) is 31.1 Å². The van der Waals surface area contributed by atoms with Crippen LogP contribution in [0, 0.1) is 0 Å². The molecule has 3 heteroatoms. The number of benzene rings is 1. The Hall–Kier alpha value is -1.61. The second-order valence-corrected chi connectivity index (χ2v) is 6.47. The normalized spacial score (nSPS) is 15.8. The number of nitrogens with one attached hydrogen (secondary N) is 1. The highest BCUT2D eigenvalue weighted by atomic mass is 32.1. The van der Waals surface area contributed by atoms with E-state index >= 15 is 0 Å². The maximum atomic E-state index is 12.0. The first-order chi connectivity index (χ1) is 9.78. The summed E-state index contributed by atoms with van der Waals surface area (Å²) >= 11 is 1.80. The third-order valence-electron chi connectivity index (χ3n) is 4.00. The number of carbonyl (C=O) groups excluding carboxylic acids is 1. The lowest BCUT2D eigenvalue weighted by atomic mass is 10.0. The Morgan fingerprint density at radius 1 is 1.15 bits per heavy atom. The van der Waals surface area contributed by atoms with E-state index in [0.29, 0.717) is 6.42 Å². The molecule has 2 nitrogen and oxygen atoms in total. The van der Waals surface area contributed by atoms with Crippen molar-refractivity contribution in [2.24, 2.45) is 0 Å². The van der Waals surface area contributed by atoms with Gasteiger partial charge in [0.05, 0.1) is 0 Å². The molecule has 1 saturated carbocycles. The largest absolute Gasteiger partial charge is 0.355 e. The molecule has 20 heavy (non-hydrogen) atoms. The summed E-state index contributed by atoms with van der Waals surface area (Å²) in [6.45, 7) is 0.793. The summed E-state index contributed by atoms with van der Waals surface area (Å²) in [4.78, 5) is 13.4. The lowest BCUT2D eigenvalue weighted by molar-refractivity contribution is -0.121. The van der Waals surface area contributed by atoms with E-state index in [2.05, 4.69) is 35.0 Å². The number of carbonyl (C=O) groups is 1. The van der Waals surface area contributed by atoms with Crippen molar-refractivity contribution in [1.29, 1.82) is 0 Å². The van der Waals surface area contributed by atoms with Crippen molar-refractivity contribution in [3.8, 4) is 0 Å². The quantitative estimate of drug-likeness (QED) is 0.864. The molecule has 1 aromatic heterocycles. The Labute approximate surface area is 123 Å². The summed E-state index contributed by atoms with van der Waals surface area (Å²) in [5, 5.41) is 5.23. The number of hydrogen-bond donors (Lipinski definition) is 1. The minimum atomic E-state index is 0.164. The van der Waals surface area contributed by atoms with Gasteiger partial charge in [0.1, 0.15) is 0 Å². The van der Waals surface area contributed by atoms with E-state index in [4.69, 9.17) is 0 Å². The average molecular weight is 285 g/mol. The first-order valence-electron chi connectivity index (χ1n) is 7.13. The minimum absolute atomic E-state index is 0.164. The maximum Gasteiger partial charge on any atom is 0.220 e. The van der Waals surface area contributed by atoms with Gasteiger partial charge in [-0.15, -0.1) is 11.3 Å². The number of thiophene rings is 1. The van der Waals surface area contributed by atoms with E-state index in [-0.39, 0.29) is 11.3 Å². The standard InChI is InChI=1S/C17H19NOS/c19-16(9-8-14-5-2-1-3-6-14)18-13-17(10-11-17)15-7-4-12-20-15/h1-7,12H,8-11,13H2,(H,18,19). The predicted octanol–water partition coefficient (Wildman–Crippen LogP) is 3.53. The molecule has 1 heterocycles. The van der Waals surface area contributed by atoms with Crippen LogP contribution in [0.1, 0.15) is 29.7 Å². The van der Waals surface area contributed by atoms with Crippen LogP contribution in [-0.2, 0) is 16.6 Å². The molecule has 1 aromatic carbocycles. The highest BCUT2D eigenvalue weighted by Gasteiger charge is 2.45. The van der Waals surface area contributed by atoms with E-state index < -0.39 is 0 Å². The summed E-state index contributed by atoms with van der Waals surface area (Å²) in [5.74, 6) is 0.164. The van der Waals surface area contributed by atoms with Crippen LogP contribution < -0.4 is 5.32 Å². The molecule has 0 atom stereocenters. The Balaban J connectivity index is 1.46. The third kappa shape index (κ3) is 3.10. The molecule has 0 bridgehead atoms. The van der Waals surface area contributed by atoms with Crippen molar-refractivity contribution in [2.75, 3.05) is 6.54 Å². The first-order valence-corrected chi connectivity index (χ1v) is 8.01. The van der Waals surface area contributed by atoms with Crippen LogP contribution in [0.5, 0.6) is 0 Å². The highest BCUT2D eigenvalue weighted by molar-refractivity contribution is 7.10. The summed E-state index contributed by atoms with van der Waals surface area (Å²) < 4.78 is 0. The van der Waals surface area contributed by atoms with Crippen LogP contribution in [0.25, 0.3) is 0 Å². The van der Waals surface area contributed by atoms with E-state index in [1.807, 2.05) is 18.2 Å². The molecular weight excluding hydrogens is 266 g/mol. The van der Waals surface area contributed by atoms with Gasteiger partial charge in [-0.25, -0.2) is 0 Å². The Morgan fingerprint density at radius 3 is 2.60 bits per heavy atom. The molecule has 0 aliphatic heterocycles. The van der Waals surface area contributed by atoms with Crippen molar-refractivity contribution in [3.63, 3.8) is 0 Å². The molecule has 0 radical (unpaired) electrons. The molecule has 1 aliphatic rings. The van der Waals surface area contributed by atoms with Gasteiger partial charge < -0.3 is 5.32 Å². The molecule has 2 aromatic rings. The van der Waals surface area contributed by atoms with Crippen molar-refractivity contribution < 1.29 is 4.79 Å². The molecule has 0 spiro atoms. The van der Waals surface area contributed by atoms with Crippen LogP contribution >= 0.6 is 11.3 Å². The topological polar surface area (TPSA) is 29.1 Å². The first kappa shape index (κ1) is 13.4. The van der Waals surface area contributed by atoms with Crippen LogP contribution in [0.2, 0.25) is 0 Å². The van der Waals surface area contributed by atoms with Crippen molar-refractivity contribution in [1.82, 2.24) is 5.32 Å². The fourth-order valence-electron chi connectivity index (χ4n) is 2.50. The molecule has 0 unspecified atom stereocenters. The van der Waals surface area contributed by atoms with Gasteiger partial charge in [-0.3, -0.25) is 4.79 Å². The summed E-state index contributed by atoms with van der Waals surface area (Å²) in [6, 6.07) is 14.5. The van der Waals surface area contributed by atoms with Gasteiger partial charge in [-0.05, 0) is 36.3 Å². The number of amides is 1. The fourth-order valence-corrected chi connectivity index (χ4v) is 3.49. The Morgan fingerprint density at radius 2 is 1.95 bits per heavy atom. The molecule has 1 aliphatic carbocycles. The Kier molecular flexibility index (Phi) is 3.88. The molecule has 3 rings (SSSR count). The van der Waals surface area contributed by atoms with Crippen LogP contribution in [0.4, 0.5) is 0 Å². The van der Waals surface area contributed by atoms with Gasteiger partial charge in [0, 0.05) is 23.3 Å². The van der Waals surface area contributed by atoms with Crippen LogP contribution in [-0.4, -0.2) is 12.5 Å². The second-order valence-electron chi connectivity index (χ2n) is 5.52. The molecular formula is C17H19NOS. The molecule has 1 N–H and O–H groups in total. The third-order valence-corrected chi connectivity index (χ3v) is 5.12. The van der Waals surface area contributed by atoms with E-state index in [9.17, 15) is 4.79 Å². The fraction of sp³-hybridized carbons (Fsp3) is 0.353. The zero-order valence-electron chi connectivity index (χ0n) is 11.5. The van der Waals surface area contributed by atoms with Gasteiger partial charge in [-0.2, -0.15) is 0 Å².